The molecule has 1 aliphatic heterocycles. The molecular weight excluding hydrogens is 578 g/mol. The molecule has 2 heterocycles. The molecule has 1 aliphatic rings. The number of nitrogens with zero attached hydrogens (tertiary/aromatic N) is 4. The van der Waals surface area contributed by atoms with Gasteiger partial charge in [-0.1, -0.05) is 43.3 Å². The molecule has 1 fully saturated rings. The van der Waals surface area contributed by atoms with Gasteiger partial charge in [0.05, 0.1) is 36.2 Å². The standard InChI is InChI=1S/C31H33N5O4.C2H6OS/c1-34-15-17-36(18-16-34)20-27(37)35(2)24-12-10-23(11-13-24)32-29(21-7-5-4-6-8-21)28-25-14-9-22(31(39)40-3)19-26(25)33-30(28)38;1-2-4-3/h4-14,19,33,38H,15-18,20H2,1-3H3;3H,2H2,1H3. The van der Waals surface area contributed by atoms with E-state index in [-0.39, 0.29) is 11.8 Å². The maximum Gasteiger partial charge on any atom is 0.337 e. The number of likely N-dealkylation sites (N-methyl/N-ethyl adjacent to an activating group) is 2. The minimum atomic E-state index is -0.457. The molecular formula is C33H39N5O5S. The maximum absolute atomic E-state index is 12.9. The number of nitrogens with one attached hydrogen (secondary N) is 1. The highest BCUT2D eigenvalue weighted by Crippen LogP contribution is 2.32. The van der Waals surface area contributed by atoms with Crippen molar-refractivity contribution < 1.29 is 24.0 Å². The van der Waals surface area contributed by atoms with Crippen LogP contribution < -0.4 is 4.90 Å². The summed E-state index contributed by atoms with van der Waals surface area (Å²) in [5.41, 5.74) is 4.34. The first-order chi connectivity index (χ1) is 21.2. The fraction of sp³-hybridized carbons (Fsp3) is 0.303. The van der Waals surface area contributed by atoms with Gasteiger partial charge < -0.3 is 29.2 Å². The third-order valence-corrected chi connectivity index (χ3v) is 7.68. The normalized spacial score (nSPS) is 14.2. The number of piperazine rings is 1. The summed E-state index contributed by atoms with van der Waals surface area (Å²) in [6, 6.07) is 22.2. The number of amides is 1. The number of esters is 1. The van der Waals surface area contributed by atoms with Gasteiger partial charge in [0.1, 0.15) is 0 Å². The molecule has 0 radical (unpaired) electrons. The number of ether oxygens (including phenoxy) is 1. The van der Waals surface area contributed by atoms with Crippen molar-refractivity contribution in [3.8, 4) is 5.88 Å². The molecule has 44 heavy (non-hydrogen) atoms. The van der Waals surface area contributed by atoms with E-state index >= 15 is 0 Å². The van der Waals surface area contributed by atoms with Crippen LogP contribution in [0.5, 0.6) is 5.88 Å². The molecule has 0 unspecified atom stereocenters. The van der Waals surface area contributed by atoms with Crippen molar-refractivity contribution in [2.45, 2.75) is 6.92 Å². The zero-order valence-electron chi connectivity index (χ0n) is 25.5. The van der Waals surface area contributed by atoms with E-state index in [1.807, 2.05) is 61.5 Å². The van der Waals surface area contributed by atoms with Gasteiger partial charge in [0.15, 0.2) is 5.88 Å². The second-order valence-electron chi connectivity index (χ2n) is 10.4. The number of aliphatic imine (C=N–C) groups is 1. The average molecular weight is 618 g/mol. The highest BCUT2D eigenvalue weighted by Gasteiger charge is 2.21. The van der Waals surface area contributed by atoms with E-state index in [0.717, 1.165) is 60.6 Å². The largest absolute Gasteiger partial charge is 0.494 e. The molecule has 0 spiro atoms. The number of methoxy groups -OCH3 is 1. The summed E-state index contributed by atoms with van der Waals surface area (Å²) in [6.45, 7) is 5.98. The minimum Gasteiger partial charge on any atom is -0.494 e. The predicted molar refractivity (Wildman–Crippen MR) is 178 cm³/mol. The Morgan fingerprint density at radius 2 is 1.66 bits per heavy atom. The van der Waals surface area contributed by atoms with Crippen LogP contribution in [0.2, 0.25) is 0 Å². The number of rotatable bonds is 8. The summed E-state index contributed by atoms with van der Waals surface area (Å²) >= 11 is 0.856. The number of hydrogen-bond donors (Lipinski definition) is 3. The molecule has 0 saturated carbocycles. The SMILES string of the molecule is CCSO.COC(=O)c1ccc2c(C(=Nc3ccc(N(C)C(=O)CN4CCN(C)CC4)cc3)c3ccccc3)c(O)[nH]c2c1. The molecule has 1 aromatic heterocycles. The van der Waals surface area contributed by atoms with E-state index in [1.165, 1.54) is 7.11 Å². The third-order valence-electron chi connectivity index (χ3n) is 7.42. The van der Waals surface area contributed by atoms with Crippen molar-refractivity contribution in [2.24, 2.45) is 4.99 Å². The molecule has 1 amide bonds. The van der Waals surface area contributed by atoms with E-state index in [9.17, 15) is 14.7 Å². The number of hydrogen-bond acceptors (Lipinski definition) is 9. The van der Waals surface area contributed by atoms with E-state index in [1.54, 1.807) is 30.1 Å². The smallest absolute Gasteiger partial charge is 0.337 e. The molecule has 5 rings (SSSR count). The number of carbonyl (C=O) groups excluding carboxylic acids is 2. The van der Waals surface area contributed by atoms with Crippen LogP contribution in [0.4, 0.5) is 11.4 Å². The van der Waals surface area contributed by atoms with Crippen molar-refractivity contribution in [3.63, 3.8) is 0 Å². The number of carbonyl (C=O) groups is 2. The molecule has 0 atom stereocenters. The lowest BCUT2D eigenvalue weighted by molar-refractivity contribution is -0.119. The van der Waals surface area contributed by atoms with Crippen LogP contribution in [0.1, 0.15) is 28.4 Å². The Morgan fingerprint density at radius 1 is 1.00 bits per heavy atom. The molecule has 11 heteroatoms. The quantitative estimate of drug-likeness (QED) is 0.139. The van der Waals surface area contributed by atoms with Gasteiger partial charge in [-0.2, -0.15) is 0 Å². The minimum absolute atomic E-state index is 0.0424. The zero-order valence-corrected chi connectivity index (χ0v) is 26.3. The first kappa shape index (κ1) is 32.7. The average Bonchev–Trinajstić information content (AvgIpc) is 3.39. The Bertz CT molecular complexity index is 1580. The van der Waals surface area contributed by atoms with Crippen LogP contribution in [0.25, 0.3) is 10.9 Å². The number of aromatic amines is 1. The summed E-state index contributed by atoms with van der Waals surface area (Å²) in [5, 5.41) is 11.7. The van der Waals surface area contributed by atoms with Crippen molar-refractivity contribution >= 4 is 51.9 Å². The molecule has 3 N–H and O–H groups in total. The first-order valence-electron chi connectivity index (χ1n) is 14.4. The van der Waals surface area contributed by atoms with Gasteiger partial charge in [-0.05, 0) is 55.5 Å². The van der Waals surface area contributed by atoms with Gasteiger partial charge in [-0.25, -0.2) is 9.79 Å². The molecule has 0 bridgehead atoms. The van der Waals surface area contributed by atoms with E-state index in [2.05, 4.69) is 21.8 Å². The molecule has 232 valence electrons. The molecule has 3 aromatic carbocycles. The first-order valence-corrected chi connectivity index (χ1v) is 15.3. The van der Waals surface area contributed by atoms with E-state index in [0.29, 0.717) is 34.6 Å². The molecule has 4 aromatic rings. The monoisotopic (exact) mass is 617 g/mol. The van der Waals surface area contributed by atoms with E-state index in [4.69, 9.17) is 14.3 Å². The Balaban J connectivity index is 0.00000104. The summed E-state index contributed by atoms with van der Waals surface area (Å²) in [5.74, 6) is 0.327. The zero-order chi connectivity index (χ0) is 31.6. The summed E-state index contributed by atoms with van der Waals surface area (Å²) < 4.78 is 12.6. The summed E-state index contributed by atoms with van der Waals surface area (Å²) in [6.07, 6.45) is 0. The van der Waals surface area contributed by atoms with Gasteiger partial charge in [0.2, 0.25) is 5.91 Å². The number of aromatic nitrogens is 1. The fourth-order valence-electron chi connectivity index (χ4n) is 4.86. The van der Waals surface area contributed by atoms with Gasteiger partial charge in [0.25, 0.3) is 0 Å². The van der Waals surface area contributed by atoms with Crippen molar-refractivity contribution in [1.82, 2.24) is 14.8 Å². The van der Waals surface area contributed by atoms with Crippen molar-refractivity contribution in [3.05, 3.63) is 89.5 Å². The van der Waals surface area contributed by atoms with Crippen LogP contribution >= 0.6 is 12.0 Å². The van der Waals surface area contributed by atoms with Crippen molar-refractivity contribution in [1.29, 1.82) is 0 Å². The third kappa shape index (κ3) is 8.06. The highest BCUT2D eigenvalue weighted by molar-refractivity contribution is 7.93. The van der Waals surface area contributed by atoms with Crippen LogP contribution in [-0.2, 0) is 9.53 Å². The number of anilines is 1. The Labute approximate surface area is 262 Å². The highest BCUT2D eigenvalue weighted by atomic mass is 32.2. The lowest BCUT2D eigenvalue weighted by atomic mass is 10.00. The summed E-state index contributed by atoms with van der Waals surface area (Å²) in [7, 11) is 5.22. The Kier molecular flexibility index (Phi) is 11.6. The predicted octanol–water partition coefficient (Wildman–Crippen LogP) is 5.25. The van der Waals surface area contributed by atoms with Gasteiger partial charge in [-0.3, -0.25) is 9.69 Å². The summed E-state index contributed by atoms with van der Waals surface area (Å²) in [4.78, 5) is 39.0. The second kappa shape index (κ2) is 15.5. The number of aromatic hydroxyl groups is 1. The Hall–Kier alpha value is -4.16. The van der Waals surface area contributed by atoms with E-state index < -0.39 is 5.97 Å². The van der Waals surface area contributed by atoms with Crippen LogP contribution in [0, 0.1) is 0 Å². The van der Waals surface area contributed by atoms with Gasteiger partial charge in [-0.15, -0.1) is 0 Å². The molecule has 0 aliphatic carbocycles. The van der Waals surface area contributed by atoms with Crippen LogP contribution in [0.15, 0.2) is 77.8 Å². The number of H-pyrrole nitrogens is 1. The fourth-order valence-corrected chi connectivity index (χ4v) is 4.86. The number of fused-ring (bicyclic) bond motifs is 1. The maximum atomic E-state index is 12.9. The van der Waals surface area contributed by atoms with Gasteiger partial charge in [0, 0.05) is 61.1 Å². The number of benzene rings is 3. The topological polar surface area (TPSA) is 122 Å². The molecule has 10 nitrogen and oxygen atoms in total. The Morgan fingerprint density at radius 3 is 2.27 bits per heavy atom. The lowest BCUT2D eigenvalue weighted by Gasteiger charge is -2.32. The van der Waals surface area contributed by atoms with Gasteiger partial charge >= 0.3 is 5.97 Å². The molecule has 1 saturated heterocycles. The van der Waals surface area contributed by atoms with Crippen molar-refractivity contribution in [2.75, 3.05) is 64.6 Å². The van der Waals surface area contributed by atoms with Crippen LogP contribution in [0.3, 0.4) is 0 Å². The second-order valence-corrected chi connectivity index (χ2v) is 11.2. The lowest BCUT2D eigenvalue weighted by Crippen LogP contribution is -2.48. The van der Waals surface area contributed by atoms with Crippen LogP contribution in [-0.4, -0.2) is 102 Å².